The molecule has 0 spiro atoms. The van der Waals surface area contributed by atoms with Crippen LogP contribution in [0.25, 0.3) is 0 Å². The molecule has 0 aliphatic carbocycles. The maximum atomic E-state index is 11.9. The maximum absolute atomic E-state index is 11.9. The van der Waals surface area contributed by atoms with E-state index >= 15 is 0 Å². The second-order valence-corrected chi connectivity index (χ2v) is 6.94. The summed E-state index contributed by atoms with van der Waals surface area (Å²) in [6.07, 6.45) is 3.33. The molecule has 18 heavy (non-hydrogen) atoms. The van der Waals surface area contributed by atoms with Gasteiger partial charge in [-0.2, -0.15) is 0 Å². The second-order valence-electron chi connectivity index (χ2n) is 4.74. The zero-order valence-corrected chi connectivity index (χ0v) is 11.6. The van der Waals surface area contributed by atoms with Crippen molar-refractivity contribution in [2.75, 3.05) is 25.9 Å². The Kier molecular flexibility index (Phi) is 6.04. The molecule has 1 unspecified atom stereocenters. The number of nitrogens with zero attached hydrogens (tertiary/aromatic N) is 1. The molecule has 2 N–H and O–H groups in total. The zero-order chi connectivity index (χ0) is 13.6. The van der Waals surface area contributed by atoms with E-state index < -0.39 is 16.0 Å². The first-order valence-corrected chi connectivity index (χ1v) is 7.92. The fourth-order valence-electron chi connectivity index (χ4n) is 2.07. The van der Waals surface area contributed by atoms with Crippen LogP contribution in [-0.4, -0.2) is 55.7 Å². The normalized spacial score (nSPS) is 21.1. The third-order valence-electron chi connectivity index (χ3n) is 3.16. The number of rotatable bonds is 7. The van der Waals surface area contributed by atoms with E-state index in [9.17, 15) is 13.2 Å². The van der Waals surface area contributed by atoms with E-state index in [1.807, 2.05) is 0 Å². The number of carbonyl (C=O) groups is 1. The van der Waals surface area contributed by atoms with Gasteiger partial charge < -0.3 is 10.4 Å². The third kappa shape index (κ3) is 5.32. The molecule has 0 amide bonds. The van der Waals surface area contributed by atoms with Crippen molar-refractivity contribution < 1.29 is 18.3 Å². The summed E-state index contributed by atoms with van der Waals surface area (Å²) in [5, 5.41) is 11.8. The molecule has 1 heterocycles. The van der Waals surface area contributed by atoms with Gasteiger partial charge in [-0.25, -0.2) is 12.7 Å². The van der Waals surface area contributed by atoms with E-state index in [-0.39, 0.29) is 24.6 Å². The van der Waals surface area contributed by atoms with Gasteiger partial charge in [0.1, 0.15) is 0 Å². The van der Waals surface area contributed by atoms with Crippen molar-refractivity contribution in [3.05, 3.63) is 0 Å². The minimum absolute atomic E-state index is 0.0947. The molecule has 1 aliphatic heterocycles. The molecule has 7 heteroatoms. The van der Waals surface area contributed by atoms with Gasteiger partial charge in [-0.1, -0.05) is 6.42 Å². The molecule has 0 aromatic rings. The lowest BCUT2D eigenvalue weighted by atomic mass is 10.1. The Morgan fingerprint density at radius 2 is 2.17 bits per heavy atom. The van der Waals surface area contributed by atoms with Crippen molar-refractivity contribution in [2.45, 2.75) is 38.1 Å². The summed E-state index contributed by atoms with van der Waals surface area (Å²) in [7, 11) is -1.76. The van der Waals surface area contributed by atoms with Crippen molar-refractivity contribution in [1.29, 1.82) is 0 Å². The fraction of sp³-hybridized carbons (Fsp3) is 0.909. The number of hydrogen-bond acceptors (Lipinski definition) is 4. The molecule has 1 rings (SSSR count). The van der Waals surface area contributed by atoms with Crippen LogP contribution < -0.4 is 5.32 Å². The van der Waals surface area contributed by atoms with Gasteiger partial charge >= 0.3 is 5.97 Å². The predicted molar refractivity (Wildman–Crippen MR) is 68.9 cm³/mol. The first-order valence-electron chi connectivity index (χ1n) is 6.31. The van der Waals surface area contributed by atoms with Gasteiger partial charge in [0.2, 0.25) is 10.0 Å². The smallest absolute Gasteiger partial charge is 0.303 e. The molecule has 0 aromatic carbocycles. The summed E-state index contributed by atoms with van der Waals surface area (Å²) < 4.78 is 25.1. The Balaban J connectivity index is 2.37. The van der Waals surface area contributed by atoms with Crippen molar-refractivity contribution in [3.8, 4) is 0 Å². The summed E-state index contributed by atoms with van der Waals surface area (Å²) in [5.74, 6) is -1.05. The number of hydrogen-bond donors (Lipinski definition) is 2. The standard InChI is InChI=1S/C11H22N2O4S/c1-13(9-10-5-2-3-7-12-10)18(16,17)8-4-6-11(14)15/h10,12H,2-9H2,1H3,(H,14,15). The van der Waals surface area contributed by atoms with Gasteiger partial charge in [0.05, 0.1) is 5.75 Å². The lowest BCUT2D eigenvalue weighted by molar-refractivity contribution is -0.137. The lowest BCUT2D eigenvalue weighted by Gasteiger charge is -2.27. The summed E-state index contributed by atoms with van der Waals surface area (Å²) in [6.45, 7) is 1.41. The van der Waals surface area contributed by atoms with Crippen LogP contribution in [-0.2, 0) is 14.8 Å². The van der Waals surface area contributed by atoms with Crippen LogP contribution >= 0.6 is 0 Å². The van der Waals surface area contributed by atoms with Crippen molar-refractivity contribution in [1.82, 2.24) is 9.62 Å². The maximum Gasteiger partial charge on any atom is 0.303 e. The highest BCUT2D eigenvalue weighted by atomic mass is 32.2. The Labute approximate surface area is 108 Å². The fourth-order valence-corrected chi connectivity index (χ4v) is 3.29. The average molecular weight is 278 g/mol. The summed E-state index contributed by atoms with van der Waals surface area (Å²) in [6, 6.07) is 0.220. The molecule has 0 saturated carbocycles. The van der Waals surface area contributed by atoms with Gasteiger partial charge in [-0.3, -0.25) is 4.79 Å². The molecule has 1 aliphatic rings. The number of carboxylic acids is 1. The Hall–Kier alpha value is -0.660. The van der Waals surface area contributed by atoms with E-state index in [0.717, 1.165) is 25.8 Å². The van der Waals surface area contributed by atoms with Crippen LogP contribution in [0.4, 0.5) is 0 Å². The van der Waals surface area contributed by atoms with Crippen molar-refractivity contribution >= 4 is 16.0 Å². The molecule has 1 saturated heterocycles. The largest absolute Gasteiger partial charge is 0.481 e. The Morgan fingerprint density at radius 3 is 2.72 bits per heavy atom. The van der Waals surface area contributed by atoms with Crippen LogP contribution in [0, 0.1) is 0 Å². The lowest BCUT2D eigenvalue weighted by Crippen LogP contribution is -2.44. The molecule has 106 valence electrons. The van der Waals surface area contributed by atoms with Crippen molar-refractivity contribution in [2.24, 2.45) is 0 Å². The quantitative estimate of drug-likeness (QED) is 0.697. The first-order chi connectivity index (χ1) is 8.42. The highest BCUT2D eigenvalue weighted by Crippen LogP contribution is 2.10. The SMILES string of the molecule is CN(CC1CCCCN1)S(=O)(=O)CCCC(=O)O. The van der Waals surface area contributed by atoms with Crippen LogP contribution in [0.1, 0.15) is 32.1 Å². The predicted octanol–water partition coefficient (Wildman–Crippen LogP) is 0.255. The van der Waals surface area contributed by atoms with Crippen LogP contribution in [0.3, 0.4) is 0 Å². The zero-order valence-electron chi connectivity index (χ0n) is 10.8. The minimum Gasteiger partial charge on any atom is -0.481 e. The molecule has 0 bridgehead atoms. The van der Waals surface area contributed by atoms with Gasteiger partial charge in [0, 0.05) is 26.1 Å². The molecular formula is C11H22N2O4S. The number of piperidine rings is 1. The van der Waals surface area contributed by atoms with Gasteiger partial charge in [-0.15, -0.1) is 0 Å². The number of nitrogens with one attached hydrogen (secondary N) is 1. The number of likely N-dealkylation sites (N-methyl/N-ethyl adjacent to an activating group) is 1. The molecule has 0 radical (unpaired) electrons. The number of sulfonamides is 1. The topological polar surface area (TPSA) is 86.7 Å². The average Bonchev–Trinajstić information content (AvgIpc) is 2.29. The van der Waals surface area contributed by atoms with E-state index in [1.54, 1.807) is 7.05 Å². The summed E-state index contributed by atoms with van der Waals surface area (Å²) >= 11 is 0. The first kappa shape index (κ1) is 15.4. The monoisotopic (exact) mass is 278 g/mol. The van der Waals surface area contributed by atoms with E-state index in [1.165, 1.54) is 4.31 Å². The van der Waals surface area contributed by atoms with Crippen molar-refractivity contribution in [3.63, 3.8) is 0 Å². The Morgan fingerprint density at radius 1 is 1.44 bits per heavy atom. The van der Waals surface area contributed by atoms with Gasteiger partial charge in [0.25, 0.3) is 0 Å². The van der Waals surface area contributed by atoms with Crippen LogP contribution in [0.15, 0.2) is 0 Å². The third-order valence-corrected chi connectivity index (χ3v) is 5.06. The second kappa shape index (κ2) is 7.06. The molecule has 1 atom stereocenters. The molecule has 0 aromatic heterocycles. The van der Waals surface area contributed by atoms with E-state index in [0.29, 0.717) is 6.54 Å². The summed E-state index contributed by atoms with van der Waals surface area (Å²) in [5.41, 5.74) is 0. The van der Waals surface area contributed by atoms with E-state index in [4.69, 9.17) is 5.11 Å². The minimum atomic E-state index is -3.33. The van der Waals surface area contributed by atoms with E-state index in [2.05, 4.69) is 5.32 Å². The molecular weight excluding hydrogens is 256 g/mol. The van der Waals surface area contributed by atoms with Crippen LogP contribution in [0.5, 0.6) is 0 Å². The van der Waals surface area contributed by atoms with Gasteiger partial charge in [-0.05, 0) is 25.8 Å². The summed E-state index contributed by atoms with van der Waals surface area (Å²) in [4.78, 5) is 10.4. The Bertz CT molecular complexity index is 363. The molecule has 1 fully saturated rings. The van der Waals surface area contributed by atoms with Crippen LogP contribution in [0.2, 0.25) is 0 Å². The number of carboxylic acid groups (broad SMARTS) is 1. The molecule has 6 nitrogen and oxygen atoms in total. The number of aliphatic carboxylic acids is 1. The van der Waals surface area contributed by atoms with Gasteiger partial charge in [0.15, 0.2) is 0 Å². The highest BCUT2D eigenvalue weighted by Gasteiger charge is 2.22. The highest BCUT2D eigenvalue weighted by molar-refractivity contribution is 7.89.